The molecule has 46 heavy (non-hydrogen) atoms. The van der Waals surface area contributed by atoms with Crippen LogP contribution < -0.4 is 0 Å². The minimum Gasteiger partial charge on any atom is -0.394 e. The summed E-state index contributed by atoms with van der Waals surface area (Å²) in [5, 5.41) is 134. The molecular weight excluding hydrogens is 636 g/mol. The number of aliphatic hydroxyl groups excluding tert-OH is 13. The Balaban J connectivity index is 1.48. The lowest BCUT2D eigenvalue weighted by Crippen LogP contribution is -2.67. The van der Waals surface area contributed by atoms with E-state index >= 15 is 0 Å². The van der Waals surface area contributed by atoms with Gasteiger partial charge >= 0.3 is 0 Å². The van der Waals surface area contributed by atoms with Gasteiger partial charge in [-0.15, -0.1) is 0 Å². The monoisotopic (exact) mass is 680 g/mol. The summed E-state index contributed by atoms with van der Waals surface area (Å²) in [4.78, 5) is 0. The van der Waals surface area contributed by atoms with Gasteiger partial charge in [0.05, 0.1) is 26.4 Å². The molecule has 0 radical (unpaired) electrons. The lowest BCUT2D eigenvalue weighted by molar-refractivity contribution is -0.389. The van der Waals surface area contributed by atoms with E-state index in [2.05, 4.69) is 0 Å². The van der Waals surface area contributed by atoms with Crippen molar-refractivity contribution >= 4 is 0 Å². The second-order valence-corrected chi connectivity index (χ2v) is 11.4. The second-order valence-electron chi connectivity index (χ2n) is 11.4. The zero-order valence-electron chi connectivity index (χ0n) is 24.5. The van der Waals surface area contributed by atoms with E-state index < -0.39 is 149 Å². The van der Waals surface area contributed by atoms with E-state index in [1.165, 1.54) is 7.11 Å². The summed E-state index contributed by atoms with van der Waals surface area (Å²) in [6, 6.07) is 0. The summed E-state index contributed by atoms with van der Waals surface area (Å²) in [6.07, 6.45) is -34.3. The first-order valence-electron chi connectivity index (χ1n) is 14.5. The van der Waals surface area contributed by atoms with Crippen molar-refractivity contribution in [3.8, 4) is 0 Å². The van der Waals surface area contributed by atoms with Crippen molar-refractivity contribution < 1.29 is 104 Å². The van der Waals surface area contributed by atoms with E-state index in [1.807, 2.05) is 0 Å². The predicted molar refractivity (Wildman–Crippen MR) is 139 cm³/mol. The zero-order chi connectivity index (χ0) is 34.0. The smallest absolute Gasteiger partial charge is 0.187 e. The fourth-order valence-corrected chi connectivity index (χ4v) is 5.71. The van der Waals surface area contributed by atoms with Crippen molar-refractivity contribution in [2.75, 3.05) is 33.5 Å². The summed E-state index contributed by atoms with van der Waals surface area (Å²) >= 11 is 0. The van der Waals surface area contributed by atoms with Crippen LogP contribution in [0.4, 0.5) is 0 Å². The van der Waals surface area contributed by atoms with Crippen LogP contribution in [0.25, 0.3) is 0 Å². The van der Waals surface area contributed by atoms with Gasteiger partial charge in [-0.2, -0.15) is 0 Å². The van der Waals surface area contributed by atoms with Gasteiger partial charge in [-0.05, 0) is 0 Å². The topological polar surface area (TPSA) is 337 Å². The zero-order valence-corrected chi connectivity index (χ0v) is 24.5. The standard InChI is InChI=1S/C25H44O21/c1-39-22-17(37)20(11(31)7(3-27)40-22)45-24-16(36)14(34)19(9(5-29)43-24)44-25-18(38)21(12(32)8(4-28)42-25)46-23-15(35)13(33)10(30)6(2-26)41-23/h6-38H,2-5H2,1H3/t6-,7-,8-,9-,10-,11-,12-,13+,14-,15-,16-,17-,18-,19-,20+,21+,22-,23+,24+,25+/m1/s1. The number of ether oxygens (including phenoxy) is 8. The first-order chi connectivity index (χ1) is 21.8. The molecule has 270 valence electrons. The molecule has 4 aliphatic rings. The molecule has 0 saturated carbocycles. The Morgan fingerprint density at radius 1 is 0.370 bits per heavy atom. The Morgan fingerprint density at radius 2 is 0.717 bits per heavy atom. The first-order valence-corrected chi connectivity index (χ1v) is 14.5. The van der Waals surface area contributed by atoms with E-state index in [9.17, 15) is 66.4 Å². The van der Waals surface area contributed by atoms with Crippen LogP contribution >= 0.6 is 0 Å². The van der Waals surface area contributed by atoms with Crippen LogP contribution in [0.1, 0.15) is 0 Å². The maximum atomic E-state index is 11.0. The van der Waals surface area contributed by atoms with E-state index in [1.54, 1.807) is 0 Å². The summed E-state index contributed by atoms with van der Waals surface area (Å²) in [5.74, 6) is 0. The van der Waals surface area contributed by atoms with Gasteiger partial charge < -0.3 is 104 Å². The highest BCUT2D eigenvalue weighted by molar-refractivity contribution is 4.97. The molecule has 0 spiro atoms. The number of hydrogen-bond donors (Lipinski definition) is 13. The molecule has 0 unspecified atom stereocenters. The van der Waals surface area contributed by atoms with E-state index in [0.717, 1.165) is 0 Å². The van der Waals surface area contributed by atoms with Crippen LogP contribution in [0, 0.1) is 0 Å². The van der Waals surface area contributed by atoms with Gasteiger partial charge in [0.1, 0.15) is 97.7 Å². The highest BCUT2D eigenvalue weighted by Crippen LogP contribution is 2.34. The lowest BCUT2D eigenvalue weighted by Gasteiger charge is -2.49. The summed E-state index contributed by atoms with van der Waals surface area (Å²) in [6.45, 7) is -3.27. The second kappa shape index (κ2) is 16.2. The average molecular weight is 681 g/mol. The van der Waals surface area contributed by atoms with Crippen LogP contribution in [0.5, 0.6) is 0 Å². The number of aliphatic hydroxyl groups is 13. The van der Waals surface area contributed by atoms with Gasteiger partial charge in [0, 0.05) is 7.11 Å². The quantitative estimate of drug-likeness (QED) is 0.0963. The molecule has 0 aliphatic carbocycles. The molecule has 0 aromatic carbocycles. The highest BCUT2D eigenvalue weighted by atomic mass is 16.8. The third-order valence-electron chi connectivity index (χ3n) is 8.42. The van der Waals surface area contributed by atoms with Gasteiger partial charge in [-0.1, -0.05) is 0 Å². The maximum Gasteiger partial charge on any atom is 0.187 e. The summed E-state index contributed by atoms with van der Waals surface area (Å²) in [7, 11) is 1.18. The SMILES string of the molecule is CO[C@@H]1O[C@H](CO)[C@@H](O)[C@H](O[C@@H]2O[C@H](CO)[C@@H](O[C@@H]3O[C@H](CO)[C@@H](O)[C@H](O[C@@H]4O[C@H](CO)[C@@H](O)[C@H](O)[C@H]4O)[C@H]3O)[C@H](O)[C@H]2O)[C@H]1O. The molecule has 0 bridgehead atoms. The Labute approximate surface area is 261 Å². The normalized spacial score (nSPS) is 52.0. The molecule has 0 aromatic heterocycles. The van der Waals surface area contributed by atoms with Crippen molar-refractivity contribution in [1.82, 2.24) is 0 Å². The lowest BCUT2D eigenvalue weighted by atomic mass is 9.95. The van der Waals surface area contributed by atoms with Crippen LogP contribution in [-0.2, 0) is 37.9 Å². The van der Waals surface area contributed by atoms with Gasteiger partial charge in [0.25, 0.3) is 0 Å². The van der Waals surface area contributed by atoms with Crippen LogP contribution in [0.3, 0.4) is 0 Å². The molecule has 21 nitrogen and oxygen atoms in total. The van der Waals surface area contributed by atoms with Gasteiger partial charge in [0.2, 0.25) is 0 Å². The molecule has 0 aromatic rings. The molecule has 0 amide bonds. The van der Waals surface area contributed by atoms with Crippen molar-refractivity contribution in [2.24, 2.45) is 0 Å². The summed E-state index contributed by atoms with van der Waals surface area (Å²) in [5.41, 5.74) is 0. The van der Waals surface area contributed by atoms with Crippen molar-refractivity contribution in [3.63, 3.8) is 0 Å². The fourth-order valence-electron chi connectivity index (χ4n) is 5.71. The number of hydrogen-bond acceptors (Lipinski definition) is 21. The minimum absolute atomic E-state index is 0.701. The minimum atomic E-state index is -2.00. The molecular formula is C25H44O21. The Kier molecular flexibility index (Phi) is 13.4. The van der Waals surface area contributed by atoms with Crippen LogP contribution in [0.15, 0.2) is 0 Å². The van der Waals surface area contributed by atoms with E-state index in [4.69, 9.17) is 37.9 Å². The van der Waals surface area contributed by atoms with Crippen molar-refractivity contribution in [1.29, 1.82) is 0 Å². The molecule has 4 rings (SSSR count). The fraction of sp³-hybridized carbons (Fsp3) is 1.00. The van der Waals surface area contributed by atoms with Gasteiger partial charge in [-0.3, -0.25) is 0 Å². The van der Waals surface area contributed by atoms with E-state index in [0.29, 0.717) is 0 Å². The molecule has 20 atom stereocenters. The van der Waals surface area contributed by atoms with E-state index in [-0.39, 0.29) is 0 Å². The van der Waals surface area contributed by atoms with Gasteiger partial charge in [-0.25, -0.2) is 0 Å². The maximum absolute atomic E-state index is 11.0. The molecule has 13 N–H and O–H groups in total. The molecule has 21 heteroatoms. The summed E-state index contributed by atoms with van der Waals surface area (Å²) < 4.78 is 43.2. The third kappa shape index (κ3) is 7.50. The number of rotatable bonds is 11. The van der Waals surface area contributed by atoms with Crippen molar-refractivity contribution in [3.05, 3.63) is 0 Å². The molecule has 4 saturated heterocycles. The molecule has 4 fully saturated rings. The van der Waals surface area contributed by atoms with Crippen LogP contribution in [0.2, 0.25) is 0 Å². The molecule has 4 heterocycles. The average Bonchev–Trinajstić information content (AvgIpc) is 3.05. The predicted octanol–water partition coefficient (Wildman–Crippen LogP) is -9.09. The van der Waals surface area contributed by atoms with Crippen LogP contribution in [-0.4, -0.2) is 223 Å². The Morgan fingerprint density at radius 3 is 1.17 bits per heavy atom. The van der Waals surface area contributed by atoms with Crippen molar-refractivity contribution in [2.45, 2.75) is 123 Å². The third-order valence-corrected chi connectivity index (χ3v) is 8.42. The first kappa shape index (κ1) is 38.0. The molecule has 4 aliphatic heterocycles. The Bertz CT molecular complexity index is 914. The Hall–Kier alpha value is -0.840. The number of methoxy groups -OCH3 is 1. The largest absolute Gasteiger partial charge is 0.394 e. The van der Waals surface area contributed by atoms with Gasteiger partial charge in [0.15, 0.2) is 25.2 Å². The highest BCUT2D eigenvalue weighted by Gasteiger charge is 2.55.